The highest BCUT2D eigenvalue weighted by atomic mass is 32.2. The molecule has 2 amide bonds. The predicted octanol–water partition coefficient (Wildman–Crippen LogP) is 4.25. The van der Waals surface area contributed by atoms with Crippen LogP contribution in [0.5, 0.6) is 0 Å². The zero-order chi connectivity index (χ0) is 23.0. The molecule has 6 nitrogen and oxygen atoms in total. The molecule has 1 saturated heterocycles. The van der Waals surface area contributed by atoms with E-state index in [1.165, 1.54) is 11.8 Å². The van der Waals surface area contributed by atoms with Gasteiger partial charge in [0.2, 0.25) is 11.8 Å². The van der Waals surface area contributed by atoms with Gasteiger partial charge in [-0.2, -0.15) is 0 Å². The van der Waals surface area contributed by atoms with Crippen LogP contribution in [0.3, 0.4) is 0 Å². The lowest BCUT2D eigenvalue weighted by molar-refractivity contribution is -0.130. The first-order valence-corrected chi connectivity index (χ1v) is 13.0. The quantitative estimate of drug-likeness (QED) is 0.489. The molecule has 0 unspecified atom stereocenters. The molecule has 2 heterocycles. The van der Waals surface area contributed by atoms with E-state index in [0.29, 0.717) is 38.5 Å². The number of thiazole rings is 1. The highest BCUT2D eigenvalue weighted by molar-refractivity contribution is 8.01. The molecule has 0 aliphatic carbocycles. The van der Waals surface area contributed by atoms with Crippen molar-refractivity contribution in [1.82, 2.24) is 14.8 Å². The lowest BCUT2D eigenvalue weighted by Crippen LogP contribution is -2.50. The van der Waals surface area contributed by atoms with E-state index in [1.807, 2.05) is 64.9 Å². The van der Waals surface area contributed by atoms with Crippen LogP contribution in [0.15, 0.2) is 64.3 Å². The topological polar surface area (TPSA) is 65.5 Å². The molecule has 1 aliphatic rings. The van der Waals surface area contributed by atoms with Crippen molar-refractivity contribution in [3.8, 4) is 11.3 Å². The Hall–Kier alpha value is -2.68. The van der Waals surface area contributed by atoms with Crippen molar-refractivity contribution in [2.45, 2.75) is 17.7 Å². The van der Waals surface area contributed by atoms with Gasteiger partial charge in [-0.3, -0.25) is 14.5 Å². The summed E-state index contributed by atoms with van der Waals surface area (Å²) >= 11 is 3.06. The molecule has 1 fully saturated rings. The fourth-order valence-electron chi connectivity index (χ4n) is 3.78. The molecule has 0 spiro atoms. The maximum absolute atomic E-state index is 12.7. The number of carbonyl (C=O) groups excluding carboxylic acids is 2. The summed E-state index contributed by atoms with van der Waals surface area (Å²) in [6, 6.07) is 18.0. The molecule has 0 atom stereocenters. The minimum absolute atomic E-state index is 0.00998. The molecule has 0 bridgehead atoms. The molecule has 1 N–H and O–H groups in total. The Balaban J connectivity index is 1.20. The van der Waals surface area contributed by atoms with Gasteiger partial charge in [-0.15, -0.1) is 11.3 Å². The Bertz CT molecular complexity index is 1080. The third-order valence-electron chi connectivity index (χ3n) is 5.64. The van der Waals surface area contributed by atoms with Crippen LogP contribution in [-0.4, -0.2) is 65.1 Å². The molecule has 0 saturated carbocycles. The van der Waals surface area contributed by atoms with E-state index >= 15 is 0 Å². The third kappa shape index (κ3) is 6.43. The summed E-state index contributed by atoms with van der Waals surface area (Å²) in [4.78, 5) is 33.8. The maximum Gasteiger partial charge on any atom is 0.238 e. The summed E-state index contributed by atoms with van der Waals surface area (Å²) in [6.45, 7) is 5.12. The molecular formula is C25H28N4O2S2. The fourth-order valence-corrected chi connectivity index (χ4v) is 5.52. The Morgan fingerprint density at radius 3 is 2.52 bits per heavy atom. The minimum Gasteiger partial charge on any atom is -0.339 e. The second-order valence-electron chi connectivity index (χ2n) is 7.87. The van der Waals surface area contributed by atoms with Crippen LogP contribution in [0, 0.1) is 0 Å². The van der Waals surface area contributed by atoms with Crippen LogP contribution in [-0.2, 0) is 16.0 Å². The van der Waals surface area contributed by atoms with Gasteiger partial charge in [0.25, 0.3) is 0 Å². The number of para-hydroxylation sites is 1. The lowest BCUT2D eigenvalue weighted by atomic mass is 10.1. The molecule has 33 heavy (non-hydrogen) atoms. The first-order valence-electron chi connectivity index (χ1n) is 11.1. The number of nitrogens with one attached hydrogen (secondary N) is 1. The monoisotopic (exact) mass is 480 g/mol. The van der Waals surface area contributed by atoms with E-state index < -0.39 is 0 Å². The second-order valence-corrected chi connectivity index (χ2v) is 9.95. The van der Waals surface area contributed by atoms with Gasteiger partial charge in [-0.05, 0) is 18.1 Å². The smallest absolute Gasteiger partial charge is 0.238 e. The third-order valence-corrected chi connectivity index (χ3v) is 7.64. The largest absolute Gasteiger partial charge is 0.339 e. The standard InChI is InChI=1S/C25H28N4O2S2/c1-2-19-8-6-7-11-21(19)26-23(30)16-28-12-14-29(15-13-28)24(31)18-33-25-27-22(17-32-25)20-9-4-3-5-10-20/h3-11,17H,2,12-16,18H2,1H3,(H,26,30). The molecule has 3 aromatic rings. The van der Waals surface area contributed by atoms with E-state index in [9.17, 15) is 9.59 Å². The Morgan fingerprint density at radius 1 is 1.03 bits per heavy atom. The number of carbonyl (C=O) groups is 2. The molecule has 0 radical (unpaired) electrons. The average Bonchev–Trinajstić information content (AvgIpc) is 3.33. The van der Waals surface area contributed by atoms with Gasteiger partial charge in [0.05, 0.1) is 18.0 Å². The van der Waals surface area contributed by atoms with Crippen molar-refractivity contribution in [3.63, 3.8) is 0 Å². The summed E-state index contributed by atoms with van der Waals surface area (Å²) in [7, 11) is 0. The van der Waals surface area contributed by atoms with E-state index in [0.717, 1.165) is 33.3 Å². The first kappa shape index (κ1) is 23.5. The van der Waals surface area contributed by atoms with Gasteiger partial charge < -0.3 is 10.2 Å². The van der Waals surface area contributed by atoms with Crippen LogP contribution < -0.4 is 5.32 Å². The number of piperazine rings is 1. The van der Waals surface area contributed by atoms with E-state index in [-0.39, 0.29) is 11.8 Å². The highest BCUT2D eigenvalue weighted by Crippen LogP contribution is 2.28. The number of nitrogens with zero attached hydrogens (tertiary/aromatic N) is 3. The van der Waals surface area contributed by atoms with Crippen molar-refractivity contribution >= 4 is 40.6 Å². The SMILES string of the molecule is CCc1ccccc1NC(=O)CN1CCN(C(=O)CSc2nc(-c3ccccc3)cs2)CC1. The first-order chi connectivity index (χ1) is 16.1. The zero-order valence-corrected chi connectivity index (χ0v) is 20.3. The van der Waals surface area contributed by atoms with Crippen LogP contribution in [0.25, 0.3) is 11.3 Å². The zero-order valence-electron chi connectivity index (χ0n) is 18.7. The molecular weight excluding hydrogens is 452 g/mol. The van der Waals surface area contributed by atoms with Gasteiger partial charge in [-0.25, -0.2) is 4.98 Å². The number of hydrogen-bond acceptors (Lipinski definition) is 6. The van der Waals surface area contributed by atoms with Crippen LogP contribution in [0.4, 0.5) is 5.69 Å². The Kier molecular flexibility index (Phi) is 8.15. The van der Waals surface area contributed by atoms with Crippen LogP contribution >= 0.6 is 23.1 Å². The normalized spacial score (nSPS) is 14.3. The van der Waals surface area contributed by atoms with Gasteiger partial charge in [0, 0.05) is 42.8 Å². The van der Waals surface area contributed by atoms with Crippen molar-refractivity contribution in [3.05, 3.63) is 65.5 Å². The highest BCUT2D eigenvalue weighted by Gasteiger charge is 2.23. The van der Waals surface area contributed by atoms with Gasteiger partial charge >= 0.3 is 0 Å². The minimum atomic E-state index is -0.00998. The number of amides is 2. The molecule has 4 rings (SSSR count). The van der Waals surface area contributed by atoms with E-state index in [4.69, 9.17) is 0 Å². The van der Waals surface area contributed by atoms with Crippen LogP contribution in [0.2, 0.25) is 0 Å². The molecule has 1 aromatic heterocycles. The van der Waals surface area contributed by atoms with Crippen molar-refractivity contribution in [1.29, 1.82) is 0 Å². The summed E-state index contributed by atoms with van der Waals surface area (Å²) in [6.07, 6.45) is 0.879. The second kappa shape index (κ2) is 11.4. The number of thioether (sulfide) groups is 1. The summed E-state index contributed by atoms with van der Waals surface area (Å²) < 4.78 is 0.907. The number of aromatic nitrogens is 1. The average molecular weight is 481 g/mol. The number of hydrogen-bond donors (Lipinski definition) is 1. The van der Waals surface area contributed by atoms with Crippen LogP contribution in [0.1, 0.15) is 12.5 Å². The summed E-state index contributed by atoms with van der Waals surface area (Å²) in [5.74, 6) is 0.498. The van der Waals surface area contributed by atoms with E-state index in [1.54, 1.807) is 11.3 Å². The fraction of sp³-hybridized carbons (Fsp3) is 0.320. The van der Waals surface area contributed by atoms with Crippen molar-refractivity contribution < 1.29 is 9.59 Å². The number of benzene rings is 2. The van der Waals surface area contributed by atoms with Gasteiger partial charge in [0.1, 0.15) is 0 Å². The van der Waals surface area contributed by atoms with Crippen molar-refractivity contribution in [2.75, 3.05) is 43.8 Å². The predicted molar refractivity (Wildman–Crippen MR) is 136 cm³/mol. The van der Waals surface area contributed by atoms with E-state index in [2.05, 4.69) is 22.1 Å². The number of anilines is 1. The molecule has 8 heteroatoms. The Morgan fingerprint density at radius 2 is 1.76 bits per heavy atom. The summed E-state index contributed by atoms with van der Waals surface area (Å²) in [5.41, 5.74) is 4.05. The summed E-state index contributed by atoms with van der Waals surface area (Å²) in [5, 5.41) is 5.06. The van der Waals surface area contributed by atoms with Crippen molar-refractivity contribution in [2.24, 2.45) is 0 Å². The maximum atomic E-state index is 12.7. The number of aryl methyl sites for hydroxylation is 1. The van der Waals surface area contributed by atoms with Gasteiger partial charge in [0.15, 0.2) is 4.34 Å². The van der Waals surface area contributed by atoms with Gasteiger partial charge in [-0.1, -0.05) is 67.2 Å². The number of rotatable bonds is 8. The molecule has 172 valence electrons. The Labute approximate surface area is 203 Å². The molecule has 2 aromatic carbocycles. The lowest BCUT2D eigenvalue weighted by Gasteiger charge is -2.34. The molecule has 1 aliphatic heterocycles.